The lowest BCUT2D eigenvalue weighted by molar-refractivity contribution is 0.230. The average molecular weight is 139 g/mol. The molecule has 1 heterocycles. The van der Waals surface area contributed by atoms with Crippen LogP contribution in [0.25, 0.3) is 0 Å². The van der Waals surface area contributed by atoms with Gasteiger partial charge in [-0.3, -0.25) is 0 Å². The minimum Gasteiger partial charge on any atom is -0.378 e. The Morgan fingerprint density at radius 2 is 2.50 bits per heavy atom. The number of nitrogens with zero attached hydrogens (tertiary/aromatic N) is 1. The molecule has 1 aliphatic rings. The molecule has 0 bridgehead atoms. The first-order valence-corrected chi connectivity index (χ1v) is 4.23. The largest absolute Gasteiger partial charge is 0.378 e. The molecule has 0 amide bonds. The van der Waals surface area contributed by atoms with E-state index < -0.39 is 0 Å². The smallest absolute Gasteiger partial charge is 0.0200 e. The fourth-order valence-electron chi connectivity index (χ4n) is 1.60. The zero-order valence-electron chi connectivity index (χ0n) is 6.84. The molecule has 1 nitrogen and oxygen atoms in total. The summed E-state index contributed by atoms with van der Waals surface area (Å²) < 4.78 is 0. The molecule has 0 aromatic rings. The first kappa shape index (κ1) is 7.64. The molecular formula is C9H17N. The monoisotopic (exact) mass is 139 g/mol. The van der Waals surface area contributed by atoms with E-state index in [0.29, 0.717) is 0 Å². The maximum Gasteiger partial charge on any atom is 0.0200 e. The SMILES string of the molecule is C=CN1CCCC(CC)C1. The van der Waals surface area contributed by atoms with Gasteiger partial charge in [-0.25, -0.2) is 0 Å². The van der Waals surface area contributed by atoms with Crippen LogP contribution in [-0.2, 0) is 0 Å². The van der Waals surface area contributed by atoms with Gasteiger partial charge in [0, 0.05) is 13.1 Å². The van der Waals surface area contributed by atoms with Crippen molar-refractivity contribution in [1.29, 1.82) is 0 Å². The van der Waals surface area contributed by atoms with Crippen LogP contribution in [0.1, 0.15) is 26.2 Å². The summed E-state index contributed by atoms with van der Waals surface area (Å²) in [5.41, 5.74) is 0. The molecule has 58 valence electrons. The van der Waals surface area contributed by atoms with Gasteiger partial charge in [-0.05, 0) is 25.0 Å². The van der Waals surface area contributed by atoms with Gasteiger partial charge >= 0.3 is 0 Å². The van der Waals surface area contributed by atoms with E-state index in [9.17, 15) is 0 Å². The Bertz CT molecular complexity index is 109. The number of likely N-dealkylation sites (tertiary alicyclic amines) is 1. The van der Waals surface area contributed by atoms with Gasteiger partial charge in [-0.1, -0.05) is 19.9 Å². The maximum atomic E-state index is 3.78. The molecule has 1 aliphatic heterocycles. The lowest BCUT2D eigenvalue weighted by Crippen LogP contribution is -2.30. The summed E-state index contributed by atoms with van der Waals surface area (Å²) in [5, 5.41) is 0. The number of piperidine rings is 1. The third-order valence-corrected chi connectivity index (χ3v) is 2.39. The van der Waals surface area contributed by atoms with Crippen molar-refractivity contribution in [3.63, 3.8) is 0 Å². The van der Waals surface area contributed by atoms with E-state index >= 15 is 0 Å². The first-order valence-electron chi connectivity index (χ1n) is 4.23. The van der Waals surface area contributed by atoms with E-state index in [4.69, 9.17) is 0 Å². The van der Waals surface area contributed by atoms with Crippen molar-refractivity contribution in [1.82, 2.24) is 4.90 Å². The van der Waals surface area contributed by atoms with Crippen LogP contribution in [0.5, 0.6) is 0 Å². The molecule has 1 unspecified atom stereocenters. The molecule has 1 saturated heterocycles. The van der Waals surface area contributed by atoms with E-state index in [0.717, 1.165) is 5.92 Å². The summed E-state index contributed by atoms with van der Waals surface area (Å²) in [6, 6.07) is 0. The van der Waals surface area contributed by atoms with Crippen LogP contribution >= 0.6 is 0 Å². The van der Waals surface area contributed by atoms with Crippen molar-refractivity contribution < 1.29 is 0 Å². The van der Waals surface area contributed by atoms with Gasteiger partial charge in [0.1, 0.15) is 0 Å². The molecule has 0 spiro atoms. The predicted molar refractivity (Wildman–Crippen MR) is 44.8 cm³/mol. The maximum absolute atomic E-state index is 3.78. The average Bonchev–Trinajstić information content (AvgIpc) is 2.05. The summed E-state index contributed by atoms with van der Waals surface area (Å²) in [6.45, 7) is 8.51. The fourth-order valence-corrected chi connectivity index (χ4v) is 1.60. The lowest BCUT2D eigenvalue weighted by Gasteiger charge is -2.30. The summed E-state index contributed by atoms with van der Waals surface area (Å²) >= 11 is 0. The molecule has 1 heteroatoms. The highest BCUT2D eigenvalue weighted by molar-refractivity contribution is 4.78. The summed E-state index contributed by atoms with van der Waals surface area (Å²) in [4.78, 5) is 2.33. The molecule has 0 aliphatic carbocycles. The first-order chi connectivity index (χ1) is 4.86. The predicted octanol–water partition coefficient (Wildman–Crippen LogP) is 2.25. The van der Waals surface area contributed by atoms with Crippen LogP contribution < -0.4 is 0 Å². The van der Waals surface area contributed by atoms with E-state index in [1.54, 1.807) is 0 Å². The minimum atomic E-state index is 0.923. The van der Waals surface area contributed by atoms with Gasteiger partial charge < -0.3 is 4.90 Å². The molecule has 10 heavy (non-hydrogen) atoms. The molecule has 1 rings (SSSR count). The van der Waals surface area contributed by atoms with Gasteiger partial charge in [0.25, 0.3) is 0 Å². The standard InChI is InChI=1S/C9H17N/c1-3-9-6-5-7-10(4-2)8-9/h4,9H,2-3,5-8H2,1H3. The highest BCUT2D eigenvalue weighted by Gasteiger charge is 2.14. The molecule has 0 aromatic heterocycles. The zero-order chi connectivity index (χ0) is 7.40. The second kappa shape index (κ2) is 3.65. The topological polar surface area (TPSA) is 3.24 Å². The molecule has 1 atom stereocenters. The van der Waals surface area contributed by atoms with Gasteiger partial charge in [-0.2, -0.15) is 0 Å². The minimum absolute atomic E-state index is 0.923. The zero-order valence-corrected chi connectivity index (χ0v) is 6.84. The van der Waals surface area contributed by atoms with Crippen LogP contribution in [0.4, 0.5) is 0 Å². The molecule has 0 aromatic carbocycles. The second-order valence-electron chi connectivity index (χ2n) is 3.09. The second-order valence-corrected chi connectivity index (χ2v) is 3.09. The van der Waals surface area contributed by atoms with E-state index in [1.807, 2.05) is 6.20 Å². The Hall–Kier alpha value is -0.460. The van der Waals surface area contributed by atoms with Gasteiger partial charge in [-0.15, -0.1) is 0 Å². The number of rotatable bonds is 2. The Balaban J connectivity index is 2.31. The summed E-state index contributed by atoms with van der Waals surface area (Å²) in [5.74, 6) is 0.923. The van der Waals surface area contributed by atoms with E-state index in [1.165, 1.54) is 32.4 Å². The normalized spacial score (nSPS) is 26.5. The summed E-state index contributed by atoms with van der Waals surface area (Å²) in [7, 11) is 0. The molecule has 1 fully saturated rings. The van der Waals surface area contributed by atoms with Gasteiger partial charge in [0.2, 0.25) is 0 Å². The van der Waals surface area contributed by atoms with E-state index in [-0.39, 0.29) is 0 Å². The van der Waals surface area contributed by atoms with Gasteiger partial charge in [0.15, 0.2) is 0 Å². The van der Waals surface area contributed by atoms with Crippen molar-refractivity contribution in [2.45, 2.75) is 26.2 Å². The Morgan fingerprint density at radius 1 is 1.70 bits per heavy atom. The van der Waals surface area contributed by atoms with Crippen molar-refractivity contribution in [2.75, 3.05) is 13.1 Å². The quantitative estimate of drug-likeness (QED) is 0.567. The fraction of sp³-hybridized carbons (Fsp3) is 0.778. The molecular weight excluding hydrogens is 122 g/mol. The summed E-state index contributed by atoms with van der Waals surface area (Å²) in [6.07, 6.45) is 6.07. The lowest BCUT2D eigenvalue weighted by atomic mass is 9.96. The van der Waals surface area contributed by atoms with Crippen LogP contribution in [0.2, 0.25) is 0 Å². The van der Waals surface area contributed by atoms with Crippen molar-refractivity contribution >= 4 is 0 Å². The number of hydrogen-bond acceptors (Lipinski definition) is 1. The van der Waals surface area contributed by atoms with Crippen molar-refractivity contribution in [3.8, 4) is 0 Å². The van der Waals surface area contributed by atoms with Crippen molar-refractivity contribution in [3.05, 3.63) is 12.8 Å². The van der Waals surface area contributed by atoms with E-state index in [2.05, 4.69) is 18.4 Å². The van der Waals surface area contributed by atoms with Crippen molar-refractivity contribution in [2.24, 2.45) is 5.92 Å². The Kier molecular flexibility index (Phi) is 2.79. The third-order valence-electron chi connectivity index (χ3n) is 2.39. The van der Waals surface area contributed by atoms with Crippen LogP contribution in [0.15, 0.2) is 12.8 Å². The highest BCUT2D eigenvalue weighted by atomic mass is 15.1. The number of hydrogen-bond donors (Lipinski definition) is 0. The third kappa shape index (κ3) is 1.76. The molecule has 0 N–H and O–H groups in total. The van der Waals surface area contributed by atoms with Gasteiger partial charge in [0.05, 0.1) is 0 Å². The highest BCUT2D eigenvalue weighted by Crippen LogP contribution is 2.18. The molecule has 0 saturated carbocycles. The Labute approximate surface area is 63.7 Å². The van der Waals surface area contributed by atoms with Crippen LogP contribution in [-0.4, -0.2) is 18.0 Å². The Morgan fingerprint density at radius 3 is 3.10 bits per heavy atom. The van der Waals surface area contributed by atoms with Crippen LogP contribution in [0.3, 0.4) is 0 Å². The van der Waals surface area contributed by atoms with Crippen LogP contribution in [0, 0.1) is 5.92 Å². The molecule has 0 radical (unpaired) electrons.